The first-order valence-corrected chi connectivity index (χ1v) is 22.0. The third-order valence-corrected chi connectivity index (χ3v) is 13.8. The van der Waals surface area contributed by atoms with Crippen LogP contribution in [0, 0.1) is 0 Å². The molecule has 3 nitrogen and oxygen atoms in total. The molecule has 3 aromatic heterocycles. The number of benzene rings is 8. The Morgan fingerprint density at radius 2 is 1.06 bits per heavy atom. The molecule has 3 heteroatoms. The molecule has 0 saturated carbocycles. The fraction of sp³-hybridized carbons (Fsp3) is 0.0847. The molecule has 0 aliphatic heterocycles. The van der Waals surface area contributed by atoms with Crippen LogP contribution in [0.1, 0.15) is 43.0 Å². The summed E-state index contributed by atoms with van der Waals surface area (Å²) in [5.41, 5.74) is 16.7. The van der Waals surface area contributed by atoms with Gasteiger partial charge in [0.25, 0.3) is 0 Å². The van der Waals surface area contributed by atoms with Gasteiger partial charge in [-0.25, -0.2) is 0 Å². The average Bonchev–Trinajstić information content (AvgIpc) is 3.97. The Labute approximate surface area is 360 Å². The molecule has 0 amide bonds. The van der Waals surface area contributed by atoms with E-state index in [0.29, 0.717) is 5.92 Å². The number of para-hydroxylation sites is 4. The minimum Gasteiger partial charge on any atom is -0.333 e. The summed E-state index contributed by atoms with van der Waals surface area (Å²) >= 11 is 0. The van der Waals surface area contributed by atoms with Crippen LogP contribution in [-0.2, 0) is 0 Å². The highest BCUT2D eigenvalue weighted by atomic mass is 15.0. The smallest absolute Gasteiger partial charge is 0.0560 e. The molecule has 0 N–H and O–H groups in total. The molecule has 0 spiro atoms. The van der Waals surface area contributed by atoms with Crippen LogP contribution >= 0.6 is 0 Å². The van der Waals surface area contributed by atoms with Crippen molar-refractivity contribution >= 4 is 71.4 Å². The van der Waals surface area contributed by atoms with Gasteiger partial charge in [0.2, 0.25) is 0 Å². The number of rotatable bonds is 5. The SMILES string of the molecule is CC1CC(C2=CCC(n3c4ccccc4c4cc(-c5ccc6c(c5)c5ccccc5n6-c5ccccc5)ccc43)C=C2)=Cc2c1n(-c1cccc3ccccc13)c1ccccc21. The van der Waals surface area contributed by atoms with Crippen molar-refractivity contribution in [3.63, 3.8) is 0 Å². The molecule has 0 radical (unpaired) electrons. The zero-order chi connectivity index (χ0) is 40.9. The first-order valence-electron chi connectivity index (χ1n) is 22.0. The Balaban J connectivity index is 0.865. The van der Waals surface area contributed by atoms with Crippen molar-refractivity contribution < 1.29 is 0 Å². The lowest BCUT2D eigenvalue weighted by Gasteiger charge is -2.26. The van der Waals surface area contributed by atoms with E-state index in [1.54, 1.807) is 0 Å². The second-order valence-electron chi connectivity index (χ2n) is 17.3. The van der Waals surface area contributed by atoms with E-state index in [2.05, 4.69) is 227 Å². The number of allylic oxidation sites excluding steroid dienone is 5. The maximum Gasteiger partial charge on any atom is 0.0560 e. The lowest BCUT2D eigenvalue weighted by molar-refractivity contribution is 0.642. The van der Waals surface area contributed by atoms with E-state index in [9.17, 15) is 0 Å². The average molecular weight is 794 g/mol. The van der Waals surface area contributed by atoms with Crippen molar-refractivity contribution in [1.82, 2.24) is 13.7 Å². The first kappa shape index (κ1) is 35.2. The van der Waals surface area contributed by atoms with E-state index in [1.807, 2.05) is 0 Å². The molecule has 0 fully saturated rings. The predicted molar refractivity (Wildman–Crippen MR) is 262 cm³/mol. The Morgan fingerprint density at radius 1 is 0.484 bits per heavy atom. The van der Waals surface area contributed by atoms with Crippen LogP contribution in [0.4, 0.5) is 0 Å². The Hall–Kier alpha value is -7.62. The number of nitrogens with zero attached hydrogens (tertiary/aromatic N) is 3. The van der Waals surface area contributed by atoms with Gasteiger partial charge in [-0.1, -0.05) is 146 Å². The van der Waals surface area contributed by atoms with Crippen molar-refractivity contribution in [2.24, 2.45) is 0 Å². The van der Waals surface area contributed by atoms with Gasteiger partial charge >= 0.3 is 0 Å². The van der Waals surface area contributed by atoms with Crippen molar-refractivity contribution in [3.05, 3.63) is 223 Å². The van der Waals surface area contributed by atoms with E-state index in [0.717, 1.165) is 12.8 Å². The second kappa shape index (κ2) is 13.7. The van der Waals surface area contributed by atoms with E-state index in [-0.39, 0.29) is 6.04 Å². The maximum atomic E-state index is 2.57. The molecular weight excluding hydrogens is 751 g/mol. The fourth-order valence-corrected chi connectivity index (χ4v) is 11.0. The molecular formula is C59H43N3. The summed E-state index contributed by atoms with van der Waals surface area (Å²) in [6.07, 6.45) is 11.8. The van der Waals surface area contributed by atoms with Crippen LogP contribution in [0.15, 0.2) is 211 Å². The summed E-state index contributed by atoms with van der Waals surface area (Å²) < 4.78 is 7.50. The van der Waals surface area contributed by atoms with E-state index in [4.69, 9.17) is 0 Å². The van der Waals surface area contributed by atoms with Crippen LogP contribution in [-0.4, -0.2) is 13.7 Å². The zero-order valence-electron chi connectivity index (χ0n) is 34.5. The van der Waals surface area contributed by atoms with Gasteiger partial charge in [-0.2, -0.15) is 0 Å². The van der Waals surface area contributed by atoms with Crippen LogP contribution in [0.5, 0.6) is 0 Å². The fourth-order valence-electron chi connectivity index (χ4n) is 11.0. The molecule has 2 aliphatic carbocycles. The van der Waals surface area contributed by atoms with Gasteiger partial charge in [0, 0.05) is 66.2 Å². The number of hydrogen-bond acceptors (Lipinski definition) is 0. The molecule has 2 atom stereocenters. The van der Waals surface area contributed by atoms with Gasteiger partial charge in [-0.15, -0.1) is 0 Å². The summed E-state index contributed by atoms with van der Waals surface area (Å²) in [7, 11) is 0. The quantitative estimate of drug-likeness (QED) is 0.165. The largest absolute Gasteiger partial charge is 0.333 e. The molecule has 2 unspecified atom stereocenters. The van der Waals surface area contributed by atoms with Crippen molar-refractivity contribution in [3.8, 4) is 22.5 Å². The van der Waals surface area contributed by atoms with Gasteiger partial charge in [-0.05, 0) is 107 Å². The summed E-state index contributed by atoms with van der Waals surface area (Å²) in [4.78, 5) is 0. The Morgan fingerprint density at radius 3 is 1.82 bits per heavy atom. The Kier molecular flexibility index (Phi) is 7.77. The minimum atomic E-state index is 0.220. The third-order valence-electron chi connectivity index (χ3n) is 13.8. The van der Waals surface area contributed by atoms with Crippen LogP contribution in [0.2, 0.25) is 0 Å². The molecule has 62 heavy (non-hydrogen) atoms. The lowest BCUT2D eigenvalue weighted by Crippen LogP contribution is -2.12. The highest BCUT2D eigenvalue weighted by Crippen LogP contribution is 2.46. The predicted octanol–water partition coefficient (Wildman–Crippen LogP) is 15.7. The normalized spacial score (nSPS) is 16.5. The number of hydrogen-bond donors (Lipinski definition) is 0. The van der Waals surface area contributed by atoms with Gasteiger partial charge < -0.3 is 13.7 Å². The monoisotopic (exact) mass is 793 g/mol. The first-order chi connectivity index (χ1) is 30.7. The molecule has 0 bridgehead atoms. The molecule has 294 valence electrons. The summed E-state index contributed by atoms with van der Waals surface area (Å²) in [6, 6.07) is 67.2. The third kappa shape index (κ3) is 5.24. The molecule has 13 rings (SSSR count). The summed E-state index contributed by atoms with van der Waals surface area (Å²) in [5.74, 6) is 0.359. The second-order valence-corrected chi connectivity index (χ2v) is 17.3. The van der Waals surface area contributed by atoms with Gasteiger partial charge in [0.1, 0.15) is 0 Å². The van der Waals surface area contributed by atoms with Crippen molar-refractivity contribution in [2.75, 3.05) is 0 Å². The topological polar surface area (TPSA) is 14.8 Å². The van der Waals surface area contributed by atoms with Crippen LogP contribution < -0.4 is 0 Å². The minimum absolute atomic E-state index is 0.220. The standard InChI is InChI=1S/C59H43N3/c1-38-34-43(37-52-49-21-9-12-24-56(49)62(59(38)52)53-25-13-15-40-14-5-6-18-46(40)53)39-26-30-45(31-27-39)61-55-23-11-8-20-48(55)51-36-42(29-33-58(51)61)41-28-32-57-50(35-41)47-19-7-10-22-54(47)60(57)44-16-3-2-4-17-44/h2-30,32-33,35-38,45H,31,34H2,1H3. The van der Waals surface area contributed by atoms with Crippen molar-refractivity contribution in [2.45, 2.75) is 31.7 Å². The molecule has 11 aromatic rings. The lowest BCUT2D eigenvalue weighted by atomic mass is 9.83. The highest BCUT2D eigenvalue weighted by molar-refractivity contribution is 6.12. The Bertz CT molecular complexity index is 3710. The summed E-state index contributed by atoms with van der Waals surface area (Å²) in [5, 5.41) is 9.02. The van der Waals surface area contributed by atoms with E-state index >= 15 is 0 Å². The van der Waals surface area contributed by atoms with E-state index < -0.39 is 0 Å². The molecule has 3 heterocycles. The van der Waals surface area contributed by atoms with Gasteiger partial charge in [0.15, 0.2) is 0 Å². The summed E-state index contributed by atoms with van der Waals surface area (Å²) in [6.45, 7) is 2.41. The van der Waals surface area contributed by atoms with Gasteiger partial charge in [0.05, 0.1) is 28.3 Å². The molecule has 2 aliphatic rings. The number of fused-ring (bicyclic) bond motifs is 10. The van der Waals surface area contributed by atoms with Crippen LogP contribution in [0.25, 0.3) is 93.9 Å². The molecule has 0 saturated heterocycles. The highest BCUT2D eigenvalue weighted by Gasteiger charge is 2.28. The van der Waals surface area contributed by atoms with Crippen molar-refractivity contribution in [1.29, 1.82) is 0 Å². The maximum absolute atomic E-state index is 2.57. The van der Waals surface area contributed by atoms with Crippen LogP contribution in [0.3, 0.4) is 0 Å². The zero-order valence-corrected chi connectivity index (χ0v) is 34.5. The molecule has 8 aromatic carbocycles. The number of aromatic nitrogens is 3. The van der Waals surface area contributed by atoms with Gasteiger partial charge in [-0.3, -0.25) is 0 Å². The van der Waals surface area contributed by atoms with E-state index in [1.165, 1.54) is 110 Å².